The van der Waals surface area contributed by atoms with E-state index >= 15 is 0 Å². The zero-order valence-electron chi connectivity index (χ0n) is 7.42. The van der Waals surface area contributed by atoms with E-state index in [4.69, 9.17) is 4.74 Å². The van der Waals surface area contributed by atoms with Crippen LogP contribution in [-0.4, -0.2) is 19.0 Å². The molecule has 2 rings (SSSR count). The van der Waals surface area contributed by atoms with Gasteiger partial charge in [0.1, 0.15) is 5.78 Å². The van der Waals surface area contributed by atoms with Crippen molar-refractivity contribution in [1.29, 1.82) is 0 Å². The first-order valence-electron chi connectivity index (χ1n) is 4.96. The lowest BCUT2D eigenvalue weighted by Gasteiger charge is -2.20. The Morgan fingerprint density at radius 3 is 2.83 bits per heavy atom. The van der Waals surface area contributed by atoms with Gasteiger partial charge in [0.25, 0.3) is 0 Å². The summed E-state index contributed by atoms with van der Waals surface area (Å²) < 4.78 is 5.28. The van der Waals surface area contributed by atoms with Gasteiger partial charge in [-0.05, 0) is 18.8 Å². The quantitative estimate of drug-likeness (QED) is 0.642. The van der Waals surface area contributed by atoms with Crippen molar-refractivity contribution in [1.82, 2.24) is 0 Å². The summed E-state index contributed by atoms with van der Waals surface area (Å²) in [6.45, 7) is 1.34. The number of hydrogen-bond donors (Lipinski definition) is 0. The van der Waals surface area contributed by atoms with Crippen molar-refractivity contribution in [3.63, 3.8) is 0 Å². The Hall–Kier alpha value is -0.370. The molecule has 2 nitrogen and oxygen atoms in total. The summed E-state index contributed by atoms with van der Waals surface area (Å²) in [5.74, 6) is 1.61. The van der Waals surface area contributed by atoms with Crippen LogP contribution < -0.4 is 0 Å². The Labute approximate surface area is 73.3 Å². The molecule has 1 saturated carbocycles. The molecule has 0 bridgehead atoms. The van der Waals surface area contributed by atoms with Crippen molar-refractivity contribution in [3.8, 4) is 0 Å². The first-order valence-corrected chi connectivity index (χ1v) is 4.96. The van der Waals surface area contributed by atoms with Crippen LogP contribution in [0.4, 0.5) is 0 Å². The van der Waals surface area contributed by atoms with Crippen molar-refractivity contribution in [2.24, 2.45) is 11.8 Å². The molecule has 12 heavy (non-hydrogen) atoms. The van der Waals surface area contributed by atoms with E-state index in [1.165, 1.54) is 19.3 Å². The van der Waals surface area contributed by atoms with Gasteiger partial charge in [0.15, 0.2) is 0 Å². The Bertz CT molecular complexity index is 173. The van der Waals surface area contributed by atoms with Crippen LogP contribution in [0.25, 0.3) is 0 Å². The molecule has 68 valence electrons. The van der Waals surface area contributed by atoms with Crippen molar-refractivity contribution >= 4 is 5.78 Å². The minimum Gasteiger partial charge on any atom is -0.380 e. The van der Waals surface area contributed by atoms with Crippen LogP contribution in [0, 0.1) is 11.8 Å². The van der Waals surface area contributed by atoms with E-state index in [1.54, 1.807) is 0 Å². The Kier molecular flexibility index (Phi) is 2.45. The monoisotopic (exact) mass is 168 g/mol. The molecule has 0 radical (unpaired) electrons. The molecule has 1 saturated heterocycles. The van der Waals surface area contributed by atoms with E-state index in [9.17, 15) is 4.79 Å². The largest absolute Gasteiger partial charge is 0.380 e. The van der Waals surface area contributed by atoms with E-state index in [0.29, 0.717) is 25.4 Å². The van der Waals surface area contributed by atoms with Gasteiger partial charge in [-0.15, -0.1) is 0 Å². The summed E-state index contributed by atoms with van der Waals surface area (Å²) in [7, 11) is 0. The average Bonchev–Trinajstić information content (AvgIpc) is 2.86. The van der Waals surface area contributed by atoms with E-state index in [2.05, 4.69) is 0 Å². The molecule has 1 atom stereocenters. The second-order valence-electron chi connectivity index (χ2n) is 4.01. The van der Waals surface area contributed by atoms with Crippen LogP contribution in [-0.2, 0) is 9.53 Å². The molecule has 1 aliphatic heterocycles. The van der Waals surface area contributed by atoms with Gasteiger partial charge in [-0.3, -0.25) is 4.79 Å². The predicted molar refractivity (Wildman–Crippen MR) is 45.9 cm³/mol. The minimum absolute atomic E-state index is 0.236. The third kappa shape index (κ3) is 2.07. The van der Waals surface area contributed by atoms with Gasteiger partial charge in [-0.25, -0.2) is 0 Å². The van der Waals surface area contributed by atoms with Gasteiger partial charge >= 0.3 is 0 Å². The molecular formula is C10H16O2. The number of ketones is 1. The molecule has 1 heterocycles. The predicted octanol–water partition coefficient (Wildman–Crippen LogP) is 1.78. The SMILES string of the molecule is O=C1CCOCC1CCC1CC1. The zero-order valence-corrected chi connectivity index (χ0v) is 7.42. The van der Waals surface area contributed by atoms with Crippen molar-refractivity contribution in [2.45, 2.75) is 32.1 Å². The first-order chi connectivity index (χ1) is 5.86. The Morgan fingerprint density at radius 1 is 1.33 bits per heavy atom. The number of hydrogen-bond acceptors (Lipinski definition) is 2. The van der Waals surface area contributed by atoms with E-state index in [1.807, 2.05) is 0 Å². The van der Waals surface area contributed by atoms with Crippen LogP contribution in [0.1, 0.15) is 32.1 Å². The van der Waals surface area contributed by atoms with Gasteiger partial charge in [0.2, 0.25) is 0 Å². The third-order valence-electron chi connectivity index (χ3n) is 2.89. The number of carbonyl (C=O) groups is 1. The standard InChI is InChI=1S/C10H16O2/c11-10-5-6-12-7-9(10)4-3-8-1-2-8/h8-9H,1-7H2. The molecule has 2 heteroatoms. The maximum absolute atomic E-state index is 11.3. The first kappa shape index (κ1) is 8.24. The van der Waals surface area contributed by atoms with Gasteiger partial charge in [0, 0.05) is 12.3 Å². The minimum atomic E-state index is 0.236. The smallest absolute Gasteiger partial charge is 0.140 e. The summed E-state index contributed by atoms with van der Waals surface area (Å²) in [6, 6.07) is 0. The molecule has 0 spiro atoms. The molecule has 0 N–H and O–H groups in total. The van der Waals surface area contributed by atoms with Crippen LogP contribution in [0.15, 0.2) is 0 Å². The summed E-state index contributed by atoms with van der Waals surface area (Å²) in [6.07, 6.45) is 5.75. The van der Waals surface area contributed by atoms with Crippen LogP contribution in [0.5, 0.6) is 0 Å². The third-order valence-corrected chi connectivity index (χ3v) is 2.89. The highest BCUT2D eigenvalue weighted by atomic mass is 16.5. The molecule has 0 aromatic heterocycles. The fourth-order valence-electron chi connectivity index (χ4n) is 1.78. The van der Waals surface area contributed by atoms with Gasteiger partial charge < -0.3 is 4.74 Å². The summed E-state index contributed by atoms with van der Waals surface area (Å²) in [4.78, 5) is 11.3. The van der Waals surface area contributed by atoms with Crippen molar-refractivity contribution in [3.05, 3.63) is 0 Å². The fraction of sp³-hybridized carbons (Fsp3) is 0.900. The summed E-state index contributed by atoms with van der Waals surface area (Å²) >= 11 is 0. The van der Waals surface area contributed by atoms with Crippen LogP contribution in [0.2, 0.25) is 0 Å². The van der Waals surface area contributed by atoms with Gasteiger partial charge in [-0.2, -0.15) is 0 Å². The second-order valence-corrected chi connectivity index (χ2v) is 4.01. The van der Waals surface area contributed by atoms with Crippen molar-refractivity contribution in [2.75, 3.05) is 13.2 Å². The molecule has 0 aromatic carbocycles. The molecule has 2 aliphatic rings. The molecule has 2 fully saturated rings. The fourth-order valence-corrected chi connectivity index (χ4v) is 1.78. The van der Waals surface area contributed by atoms with E-state index < -0.39 is 0 Å². The maximum atomic E-state index is 11.3. The molecule has 1 aliphatic carbocycles. The zero-order chi connectivity index (χ0) is 8.39. The van der Waals surface area contributed by atoms with Crippen LogP contribution in [0.3, 0.4) is 0 Å². The lowest BCUT2D eigenvalue weighted by Crippen LogP contribution is -2.27. The molecule has 0 amide bonds. The lowest BCUT2D eigenvalue weighted by molar-refractivity contribution is -0.130. The van der Waals surface area contributed by atoms with Crippen LogP contribution >= 0.6 is 0 Å². The lowest BCUT2D eigenvalue weighted by atomic mass is 9.94. The Morgan fingerprint density at radius 2 is 2.17 bits per heavy atom. The number of ether oxygens (including phenoxy) is 1. The topological polar surface area (TPSA) is 26.3 Å². The summed E-state index contributed by atoms with van der Waals surface area (Å²) in [5, 5.41) is 0. The number of Topliss-reactive ketones (excluding diaryl/α,β-unsaturated/α-hetero) is 1. The molecular weight excluding hydrogens is 152 g/mol. The summed E-state index contributed by atoms with van der Waals surface area (Å²) in [5.41, 5.74) is 0. The molecule has 1 unspecified atom stereocenters. The van der Waals surface area contributed by atoms with Crippen molar-refractivity contribution < 1.29 is 9.53 Å². The number of carbonyl (C=O) groups excluding carboxylic acids is 1. The van der Waals surface area contributed by atoms with Gasteiger partial charge in [0.05, 0.1) is 13.2 Å². The highest BCUT2D eigenvalue weighted by molar-refractivity contribution is 5.81. The average molecular weight is 168 g/mol. The normalized spacial score (nSPS) is 30.7. The molecule has 0 aromatic rings. The van der Waals surface area contributed by atoms with E-state index in [0.717, 1.165) is 12.3 Å². The Balaban J connectivity index is 1.72. The van der Waals surface area contributed by atoms with E-state index in [-0.39, 0.29) is 5.92 Å². The highest BCUT2D eigenvalue weighted by Crippen LogP contribution is 2.35. The highest BCUT2D eigenvalue weighted by Gasteiger charge is 2.27. The maximum Gasteiger partial charge on any atom is 0.140 e. The number of rotatable bonds is 3. The van der Waals surface area contributed by atoms with Gasteiger partial charge in [-0.1, -0.05) is 12.8 Å². The second kappa shape index (κ2) is 3.56.